The van der Waals surface area contributed by atoms with E-state index in [-0.39, 0.29) is 0 Å². The molecule has 2 aromatic rings. The van der Waals surface area contributed by atoms with Gasteiger partial charge in [0, 0.05) is 5.56 Å². The molecule has 0 N–H and O–H groups in total. The summed E-state index contributed by atoms with van der Waals surface area (Å²) < 4.78 is 9.24. The molecule has 3 nitrogen and oxygen atoms in total. The molecule has 0 saturated carbocycles. The van der Waals surface area contributed by atoms with E-state index in [4.69, 9.17) is 4.42 Å². The van der Waals surface area contributed by atoms with E-state index in [2.05, 4.69) is 4.42 Å². The van der Waals surface area contributed by atoms with Gasteiger partial charge in [-0.05, 0) is 0 Å². The SMILES string of the molecule is O=c1occ(-c2ccccc2)o1. The molecule has 1 aromatic carbocycles. The molecule has 2 rings (SSSR count). The van der Waals surface area contributed by atoms with Crippen LogP contribution in [0.5, 0.6) is 0 Å². The molecular formula is C9H6O3. The van der Waals surface area contributed by atoms with Crippen molar-refractivity contribution in [1.82, 2.24) is 0 Å². The molecule has 3 heteroatoms. The van der Waals surface area contributed by atoms with Crippen LogP contribution in [0.2, 0.25) is 0 Å². The van der Waals surface area contributed by atoms with E-state index in [0.29, 0.717) is 5.76 Å². The Morgan fingerprint density at radius 2 is 1.83 bits per heavy atom. The molecule has 1 aromatic heterocycles. The Balaban J connectivity index is 2.51. The van der Waals surface area contributed by atoms with Crippen LogP contribution >= 0.6 is 0 Å². The lowest BCUT2D eigenvalue weighted by atomic mass is 10.2. The van der Waals surface area contributed by atoms with E-state index in [1.165, 1.54) is 6.26 Å². The van der Waals surface area contributed by atoms with Crippen molar-refractivity contribution in [1.29, 1.82) is 0 Å². The maximum Gasteiger partial charge on any atom is 0.519 e. The third-order valence-electron chi connectivity index (χ3n) is 1.51. The first-order valence-electron chi connectivity index (χ1n) is 3.50. The Kier molecular flexibility index (Phi) is 1.55. The first-order chi connectivity index (χ1) is 5.86. The smallest absolute Gasteiger partial charge is 0.399 e. The summed E-state index contributed by atoms with van der Waals surface area (Å²) in [6, 6.07) is 9.30. The van der Waals surface area contributed by atoms with Crippen LogP contribution in [0.15, 0.2) is 50.2 Å². The van der Waals surface area contributed by atoms with Gasteiger partial charge in [0.1, 0.15) is 6.26 Å². The first-order valence-corrected chi connectivity index (χ1v) is 3.50. The normalized spacial score (nSPS) is 10.0. The maximum atomic E-state index is 10.5. The molecule has 0 fully saturated rings. The molecule has 60 valence electrons. The Bertz CT molecular complexity index is 411. The minimum Gasteiger partial charge on any atom is -0.399 e. The molecule has 0 amide bonds. The van der Waals surface area contributed by atoms with E-state index in [1.807, 2.05) is 30.3 Å². The molecule has 0 unspecified atom stereocenters. The van der Waals surface area contributed by atoms with Gasteiger partial charge in [0.05, 0.1) is 0 Å². The predicted molar refractivity (Wildman–Crippen MR) is 42.7 cm³/mol. The summed E-state index contributed by atoms with van der Waals surface area (Å²) >= 11 is 0. The van der Waals surface area contributed by atoms with Crippen molar-refractivity contribution in [3.63, 3.8) is 0 Å². The van der Waals surface area contributed by atoms with Crippen LogP contribution in [0.4, 0.5) is 0 Å². The molecule has 0 aliphatic heterocycles. The van der Waals surface area contributed by atoms with Crippen molar-refractivity contribution in [2.24, 2.45) is 0 Å². The fourth-order valence-corrected chi connectivity index (χ4v) is 0.969. The summed E-state index contributed by atoms with van der Waals surface area (Å²) in [5.41, 5.74) is 0.836. The molecule has 12 heavy (non-hydrogen) atoms. The molecule has 1 heterocycles. The van der Waals surface area contributed by atoms with Gasteiger partial charge in [-0.2, -0.15) is 0 Å². The second-order valence-electron chi connectivity index (χ2n) is 2.32. The average molecular weight is 162 g/mol. The van der Waals surface area contributed by atoms with E-state index < -0.39 is 5.82 Å². The van der Waals surface area contributed by atoms with Crippen LogP contribution in [-0.2, 0) is 0 Å². The summed E-state index contributed by atoms with van der Waals surface area (Å²) in [6.45, 7) is 0. The van der Waals surface area contributed by atoms with Crippen LogP contribution in [0, 0.1) is 0 Å². The van der Waals surface area contributed by atoms with Crippen LogP contribution in [0.25, 0.3) is 11.3 Å². The van der Waals surface area contributed by atoms with Crippen LogP contribution < -0.4 is 5.82 Å². The Hall–Kier alpha value is -1.77. The molecule has 0 spiro atoms. The van der Waals surface area contributed by atoms with Gasteiger partial charge in [-0.1, -0.05) is 30.3 Å². The highest BCUT2D eigenvalue weighted by atomic mass is 16.6. The quantitative estimate of drug-likeness (QED) is 0.643. The first kappa shape index (κ1) is 6.91. The fraction of sp³-hybridized carbons (Fsp3) is 0. The standard InChI is InChI=1S/C9H6O3/c10-9-11-6-8(12-9)7-4-2-1-3-5-7/h1-6H. The highest BCUT2D eigenvalue weighted by molar-refractivity contribution is 5.54. The summed E-state index contributed by atoms with van der Waals surface area (Å²) in [5.74, 6) is -0.213. The summed E-state index contributed by atoms with van der Waals surface area (Å²) in [4.78, 5) is 10.5. The summed E-state index contributed by atoms with van der Waals surface area (Å²) in [7, 11) is 0. The molecular weight excluding hydrogens is 156 g/mol. The van der Waals surface area contributed by atoms with Crippen molar-refractivity contribution in [3.8, 4) is 11.3 Å². The molecule has 0 radical (unpaired) electrons. The van der Waals surface area contributed by atoms with E-state index in [9.17, 15) is 4.79 Å². The maximum absolute atomic E-state index is 10.5. The van der Waals surface area contributed by atoms with Gasteiger partial charge in [-0.25, -0.2) is 4.79 Å². The van der Waals surface area contributed by atoms with Gasteiger partial charge in [-0.15, -0.1) is 0 Å². The van der Waals surface area contributed by atoms with Crippen molar-refractivity contribution >= 4 is 0 Å². The van der Waals surface area contributed by atoms with Gasteiger partial charge in [0.15, 0.2) is 5.76 Å². The van der Waals surface area contributed by atoms with E-state index in [1.54, 1.807) is 0 Å². The number of hydrogen-bond acceptors (Lipinski definition) is 3. The minimum absolute atomic E-state index is 0.459. The Labute approximate surface area is 68.2 Å². The third-order valence-corrected chi connectivity index (χ3v) is 1.51. The van der Waals surface area contributed by atoms with Gasteiger partial charge in [0.2, 0.25) is 0 Å². The number of benzene rings is 1. The zero-order valence-electron chi connectivity index (χ0n) is 6.19. The number of hydrogen-bond donors (Lipinski definition) is 0. The topological polar surface area (TPSA) is 43.4 Å². The largest absolute Gasteiger partial charge is 0.519 e. The van der Waals surface area contributed by atoms with Gasteiger partial charge < -0.3 is 8.83 Å². The molecule has 0 atom stereocenters. The predicted octanol–water partition coefficient (Wildman–Crippen LogP) is 1.90. The van der Waals surface area contributed by atoms with Crippen molar-refractivity contribution < 1.29 is 8.83 Å². The molecule has 0 bridgehead atoms. The Morgan fingerprint density at radius 3 is 2.42 bits per heavy atom. The van der Waals surface area contributed by atoms with E-state index in [0.717, 1.165) is 5.56 Å². The minimum atomic E-state index is -0.672. The van der Waals surface area contributed by atoms with Crippen LogP contribution in [0.1, 0.15) is 0 Å². The van der Waals surface area contributed by atoms with Crippen molar-refractivity contribution in [2.45, 2.75) is 0 Å². The van der Waals surface area contributed by atoms with Crippen molar-refractivity contribution in [3.05, 3.63) is 47.2 Å². The van der Waals surface area contributed by atoms with Gasteiger partial charge >= 0.3 is 5.82 Å². The van der Waals surface area contributed by atoms with E-state index >= 15 is 0 Å². The molecule has 0 aliphatic carbocycles. The molecule has 0 aliphatic rings. The summed E-state index contributed by atoms with van der Waals surface area (Å²) in [5, 5.41) is 0. The second-order valence-corrected chi connectivity index (χ2v) is 2.32. The summed E-state index contributed by atoms with van der Waals surface area (Å²) in [6.07, 6.45) is 1.30. The lowest BCUT2D eigenvalue weighted by Crippen LogP contribution is -1.85. The van der Waals surface area contributed by atoms with Gasteiger partial charge in [-0.3, -0.25) is 0 Å². The molecule has 0 saturated heterocycles. The fourth-order valence-electron chi connectivity index (χ4n) is 0.969. The average Bonchev–Trinajstić information content (AvgIpc) is 2.54. The van der Waals surface area contributed by atoms with Crippen molar-refractivity contribution in [2.75, 3.05) is 0 Å². The second kappa shape index (κ2) is 2.70. The zero-order chi connectivity index (χ0) is 8.39. The number of rotatable bonds is 1. The highest BCUT2D eigenvalue weighted by Crippen LogP contribution is 2.16. The third kappa shape index (κ3) is 1.16. The van der Waals surface area contributed by atoms with Crippen LogP contribution in [0.3, 0.4) is 0 Å². The zero-order valence-corrected chi connectivity index (χ0v) is 6.19. The Morgan fingerprint density at radius 1 is 1.08 bits per heavy atom. The van der Waals surface area contributed by atoms with Crippen LogP contribution in [-0.4, -0.2) is 0 Å². The monoisotopic (exact) mass is 162 g/mol. The highest BCUT2D eigenvalue weighted by Gasteiger charge is 2.02. The lowest BCUT2D eigenvalue weighted by molar-refractivity contribution is 0.389. The van der Waals surface area contributed by atoms with Gasteiger partial charge in [0.25, 0.3) is 0 Å². The lowest BCUT2D eigenvalue weighted by Gasteiger charge is -1.90.